The average Bonchev–Trinajstić information content (AvgIpc) is 2.81. The van der Waals surface area contributed by atoms with Gasteiger partial charge in [0, 0.05) is 19.1 Å². The van der Waals surface area contributed by atoms with Crippen molar-refractivity contribution >= 4 is 5.96 Å². The van der Waals surface area contributed by atoms with Crippen molar-refractivity contribution in [3.05, 3.63) is 0 Å². The zero-order chi connectivity index (χ0) is 15.0. The molecule has 2 N–H and O–H groups in total. The van der Waals surface area contributed by atoms with Crippen molar-refractivity contribution in [2.75, 3.05) is 32.7 Å². The summed E-state index contributed by atoms with van der Waals surface area (Å²) in [5.74, 6) is 0.972. The number of nitrogens with zero attached hydrogens (tertiary/aromatic N) is 2. The average molecular weight is 282 g/mol. The van der Waals surface area contributed by atoms with Gasteiger partial charge in [-0.25, -0.2) is 0 Å². The van der Waals surface area contributed by atoms with E-state index in [1.807, 2.05) is 0 Å². The van der Waals surface area contributed by atoms with Gasteiger partial charge in [-0.05, 0) is 44.7 Å². The molecule has 4 heteroatoms. The van der Waals surface area contributed by atoms with E-state index in [0.717, 1.165) is 38.6 Å². The van der Waals surface area contributed by atoms with Gasteiger partial charge in [0.25, 0.3) is 0 Å². The van der Waals surface area contributed by atoms with Gasteiger partial charge < -0.3 is 10.6 Å². The molecule has 1 aliphatic rings. The predicted molar refractivity (Wildman–Crippen MR) is 88.3 cm³/mol. The maximum Gasteiger partial charge on any atom is 0.191 e. The third kappa shape index (κ3) is 6.60. The van der Waals surface area contributed by atoms with Gasteiger partial charge in [0.05, 0.1) is 6.54 Å². The van der Waals surface area contributed by atoms with Crippen molar-refractivity contribution in [1.29, 1.82) is 0 Å². The van der Waals surface area contributed by atoms with E-state index in [0.29, 0.717) is 11.5 Å². The van der Waals surface area contributed by atoms with E-state index in [1.54, 1.807) is 0 Å². The van der Waals surface area contributed by atoms with E-state index in [-0.39, 0.29) is 0 Å². The molecule has 20 heavy (non-hydrogen) atoms. The van der Waals surface area contributed by atoms with Gasteiger partial charge in [0.15, 0.2) is 5.96 Å². The summed E-state index contributed by atoms with van der Waals surface area (Å²) in [6.45, 7) is 16.4. The molecule has 0 spiro atoms. The molecule has 0 aromatic heterocycles. The van der Waals surface area contributed by atoms with Gasteiger partial charge in [0.2, 0.25) is 0 Å². The first-order chi connectivity index (χ1) is 9.46. The summed E-state index contributed by atoms with van der Waals surface area (Å²) in [4.78, 5) is 7.31. The number of hydrogen-bond acceptors (Lipinski definition) is 2. The summed E-state index contributed by atoms with van der Waals surface area (Å²) in [7, 11) is 0. The van der Waals surface area contributed by atoms with E-state index in [2.05, 4.69) is 50.2 Å². The van der Waals surface area contributed by atoms with Gasteiger partial charge in [-0.15, -0.1) is 0 Å². The molecule has 0 saturated carbocycles. The molecule has 1 unspecified atom stereocenters. The smallest absolute Gasteiger partial charge is 0.191 e. The second kappa shape index (κ2) is 8.50. The van der Waals surface area contributed by atoms with Gasteiger partial charge >= 0.3 is 0 Å². The molecule has 0 aliphatic carbocycles. The van der Waals surface area contributed by atoms with Crippen molar-refractivity contribution in [2.45, 2.75) is 59.9 Å². The fraction of sp³-hybridized carbons (Fsp3) is 0.938. The molecule has 1 rings (SSSR count). The van der Waals surface area contributed by atoms with E-state index < -0.39 is 0 Å². The summed E-state index contributed by atoms with van der Waals surface area (Å²) < 4.78 is 0. The molecule has 118 valence electrons. The lowest BCUT2D eigenvalue weighted by Gasteiger charge is -2.22. The molecule has 1 aliphatic heterocycles. The maximum atomic E-state index is 4.77. The summed E-state index contributed by atoms with van der Waals surface area (Å²) in [5, 5.41) is 6.80. The van der Waals surface area contributed by atoms with Gasteiger partial charge in [-0.3, -0.25) is 9.89 Å². The van der Waals surface area contributed by atoms with Crippen LogP contribution in [0.5, 0.6) is 0 Å². The quantitative estimate of drug-likeness (QED) is 0.581. The number of nitrogens with one attached hydrogen (secondary N) is 2. The molecule has 0 bridgehead atoms. The third-order valence-corrected chi connectivity index (χ3v) is 3.88. The van der Waals surface area contributed by atoms with Crippen molar-refractivity contribution in [2.24, 2.45) is 10.4 Å². The standard InChI is InChI=1S/C16H34N4/c1-6-17-15(18-11-10-16(3,4)5)19-13-14-9-8-12-20(14)7-2/h14H,6-13H2,1-5H3,(H2,17,18,19). The largest absolute Gasteiger partial charge is 0.357 e. The van der Waals surface area contributed by atoms with E-state index in [1.165, 1.54) is 19.4 Å². The zero-order valence-electron chi connectivity index (χ0n) is 14.1. The highest BCUT2D eigenvalue weighted by atomic mass is 15.2. The third-order valence-electron chi connectivity index (χ3n) is 3.88. The molecule has 0 aromatic rings. The van der Waals surface area contributed by atoms with Gasteiger partial charge in [-0.2, -0.15) is 0 Å². The van der Waals surface area contributed by atoms with Crippen LogP contribution in [-0.4, -0.2) is 49.6 Å². The first kappa shape index (κ1) is 17.3. The monoisotopic (exact) mass is 282 g/mol. The van der Waals surface area contributed by atoms with Gasteiger partial charge in [0.1, 0.15) is 0 Å². The Morgan fingerprint density at radius 2 is 2.00 bits per heavy atom. The van der Waals surface area contributed by atoms with Crippen LogP contribution in [0.4, 0.5) is 0 Å². The minimum atomic E-state index is 0.370. The first-order valence-electron chi connectivity index (χ1n) is 8.22. The number of likely N-dealkylation sites (N-methyl/N-ethyl adjacent to an activating group) is 1. The highest BCUT2D eigenvalue weighted by molar-refractivity contribution is 5.79. The second-order valence-corrected chi connectivity index (χ2v) is 6.88. The number of guanidine groups is 1. The Hall–Kier alpha value is -0.770. The van der Waals surface area contributed by atoms with Crippen molar-refractivity contribution in [3.8, 4) is 0 Å². The van der Waals surface area contributed by atoms with Crippen molar-refractivity contribution in [1.82, 2.24) is 15.5 Å². The lowest BCUT2D eigenvalue weighted by Crippen LogP contribution is -2.40. The summed E-state index contributed by atoms with van der Waals surface area (Å²) in [6.07, 6.45) is 3.77. The van der Waals surface area contributed by atoms with Crippen molar-refractivity contribution < 1.29 is 0 Å². The van der Waals surface area contributed by atoms with Crippen LogP contribution in [-0.2, 0) is 0 Å². The molecule has 1 saturated heterocycles. The second-order valence-electron chi connectivity index (χ2n) is 6.88. The normalized spacial score (nSPS) is 21.2. The molecule has 0 radical (unpaired) electrons. The topological polar surface area (TPSA) is 39.7 Å². The van der Waals surface area contributed by atoms with E-state index in [4.69, 9.17) is 4.99 Å². The van der Waals surface area contributed by atoms with Crippen LogP contribution >= 0.6 is 0 Å². The Morgan fingerprint density at radius 1 is 1.25 bits per heavy atom. The van der Waals surface area contributed by atoms with Crippen LogP contribution < -0.4 is 10.6 Å². The molecule has 1 atom stereocenters. The van der Waals surface area contributed by atoms with Crippen molar-refractivity contribution in [3.63, 3.8) is 0 Å². The maximum absolute atomic E-state index is 4.77. The van der Waals surface area contributed by atoms with Crippen LogP contribution in [0.25, 0.3) is 0 Å². The van der Waals surface area contributed by atoms with Crippen LogP contribution in [0, 0.1) is 5.41 Å². The number of likely N-dealkylation sites (tertiary alicyclic amines) is 1. The molecule has 1 heterocycles. The Morgan fingerprint density at radius 3 is 2.60 bits per heavy atom. The Kier molecular flexibility index (Phi) is 7.35. The van der Waals surface area contributed by atoms with Crippen LogP contribution in [0.3, 0.4) is 0 Å². The zero-order valence-corrected chi connectivity index (χ0v) is 14.1. The SMILES string of the molecule is CCNC(=NCC1CCCN1CC)NCCC(C)(C)C. The lowest BCUT2D eigenvalue weighted by atomic mass is 9.92. The lowest BCUT2D eigenvalue weighted by molar-refractivity contribution is 0.273. The minimum Gasteiger partial charge on any atom is -0.357 e. The minimum absolute atomic E-state index is 0.370. The summed E-state index contributed by atoms with van der Waals surface area (Å²) >= 11 is 0. The van der Waals surface area contributed by atoms with Gasteiger partial charge in [-0.1, -0.05) is 27.7 Å². The number of rotatable bonds is 6. The fourth-order valence-corrected chi connectivity index (χ4v) is 2.61. The fourth-order valence-electron chi connectivity index (χ4n) is 2.61. The van der Waals surface area contributed by atoms with Crippen LogP contribution in [0.2, 0.25) is 0 Å². The summed E-state index contributed by atoms with van der Waals surface area (Å²) in [5.41, 5.74) is 0.370. The Balaban J connectivity index is 2.41. The Bertz CT molecular complexity index is 293. The summed E-state index contributed by atoms with van der Waals surface area (Å²) in [6, 6.07) is 0.637. The highest BCUT2D eigenvalue weighted by Crippen LogP contribution is 2.17. The molecule has 4 nitrogen and oxygen atoms in total. The van der Waals surface area contributed by atoms with Crippen LogP contribution in [0.15, 0.2) is 4.99 Å². The predicted octanol–water partition coefficient (Wildman–Crippen LogP) is 2.46. The number of aliphatic imine (C=N–C) groups is 1. The number of hydrogen-bond donors (Lipinski definition) is 2. The van der Waals surface area contributed by atoms with E-state index in [9.17, 15) is 0 Å². The highest BCUT2D eigenvalue weighted by Gasteiger charge is 2.22. The molecule has 1 fully saturated rings. The molecule has 0 aromatic carbocycles. The van der Waals surface area contributed by atoms with E-state index >= 15 is 0 Å². The molecule has 0 amide bonds. The van der Waals surface area contributed by atoms with Crippen LogP contribution in [0.1, 0.15) is 53.9 Å². The first-order valence-corrected chi connectivity index (χ1v) is 8.22. The Labute approximate surface area is 125 Å². The molecular formula is C16H34N4. The molecular weight excluding hydrogens is 248 g/mol.